The second-order valence-electron chi connectivity index (χ2n) is 3.84. The van der Waals surface area contributed by atoms with Gasteiger partial charge in [0.2, 0.25) is 0 Å². The Labute approximate surface area is 89.1 Å². The Morgan fingerprint density at radius 2 is 1.93 bits per heavy atom. The van der Waals surface area contributed by atoms with Gasteiger partial charge in [0.25, 0.3) is 0 Å². The fourth-order valence-electron chi connectivity index (χ4n) is 1.06. The molecule has 0 radical (unpaired) electrons. The highest BCUT2D eigenvalue weighted by molar-refractivity contribution is 7.88. The number of carboxylic acids is 1. The zero-order valence-corrected chi connectivity index (χ0v) is 10.0. The number of likely N-dealkylation sites (N-methyl/N-ethyl adjacent to an activating group) is 1. The normalized spacial score (nSPS) is 17.1. The second-order valence-corrected chi connectivity index (χ2v) is 5.74. The summed E-state index contributed by atoms with van der Waals surface area (Å²) in [5.74, 6) is 3.12. The lowest BCUT2D eigenvalue weighted by Gasteiger charge is -2.40. The Balaban J connectivity index is 5.79. The number of hydrogen-bond donors (Lipinski definition) is 2. The van der Waals surface area contributed by atoms with Crippen molar-refractivity contribution in [2.75, 3.05) is 20.6 Å². The molecule has 0 spiro atoms. The summed E-state index contributed by atoms with van der Waals surface area (Å²) in [4.78, 5) is 8.97. The molecular weight excluding hydrogens is 224 g/mol. The van der Waals surface area contributed by atoms with Crippen LogP contribution in [0.3, 0.4) is 0 Å². The summed E-state index contributed by atoms with van der Waals surface area (Å²) in [5, 5.41) is 9.04. The van der Waals surface area contributed by atoms with Crippen LogP contribution in [-0.2, 0) is 19.2 Å². The molecule has 0 aliphatic heterocycles. The third kappa shape index (κ3) is 1.98. The van der Waals surface area contributed by atoms with Crippen LogP contribution in [0.15, 0.2) is 0 Å². The molecule has 0 aliphatic rings. The van der Waals surface area contributed by atoms with E-state index in [2.05, 4.69) is 10.2 Å². The first kappa shape index (κ1) is 14.3. The highest BCUT2D eigenvalue weighted by Crippen LogP contribution is 2.27. The van der Waals surface area contributed by atoms with Crippen LogP contribution in [0.4, 0.5) is 0 Å². The van der Waals surface area contributed by atoms with Gasteiger partial charge in [-0.2, -0.15) is 18.6 Å². The molecule has 3 N–H and O–H groups in total. The molecular formula is C7H17N2O5S+. The quantitative estimate of drug-likeness (QED) is 0.477. The van der Waals surface area contributed by atoms with Crippen LogP contribution in [0.5, 0.6) is 0 Å². The maximum Gasteiger partial charge on any atom is 0.384 e. The van der Waals surface area contributed by atoms with Crippen molar-refractivity contribution in [1.29, 1.82) is 0 Å². The predicted molar refractivity (Wildman–Crippen MR) is 52.9 cm³/mol. The fourth-order valence-corrected chi connectivity index (χ4v) is 2.20. The molecule has 7 nitrogen and oxygen atoms in total. The molecule has 90 valence electrons. The maximum absolute atomic E-state index is 11.5. The lowest BCUT2D eigenvalue weighted by molar-refractivity contribution is -0.913. The van der Waals surface area contributed by atoms with Crippen LogP contribution in [0, 0.1) is 0 Å². The monoisotopic (exact) mass is 241 g/mol. The standard InChI is InChI=1S/C7H16N2O5S/c1-5-9(3,4)7(2,6(10)11)15(12,13)14-8/h5,8H2,1-4H3/p+1. The van der Waals surface area contributed by atoms with Gasteiger partial charge in [-0.05, 0) is 6.92 Å². The Hall–Kier alpha value is -0.700. The summed E-state index contributed by atoms with van der Waals surface area (Å²) in [6.07, 6.45) is 0. The summed E-state index contributed by atoms with van der Waals surface area (Å²) < 4.78 is 26.6. The van der Waals surface area contributed by atoms with Crippen molar-refractivity contribution in [3.63, 3.8) is 0 Å². The number of hydrogen-bond acceptors (Lipinski definition) is 5. The SMILES string of the molecule is CC[N+](C)(C)C(C)(C(=O)O)S(=O)(=O)ON. The van der Waals surface area contributed by atoms with E-state index in [1.807, 2.05) is 0 Å². The van der Waals surface area contributed by atoms with Crippen LogP contribution in [0.25, 0.3) is 0 Å². The van der Waals surface area contributed by atoms with Gasteiger partial charge in [0.1, 0.15) is 0 Å². The van der Waals surface area contributed by atoms with Crippen molar-refractivity contribution in [2.24, 2.45) is 5.90 Å². The van der Waals surface area contributed by atoms with E-state index in [0.29, 0.717) is 6.54 Å². The lowest BCUT2D eigenvalue weighted by atomic mass is 10.2. The van der Waals surface area contributed by atoms with Crippen LogP contribution in [-0.4, -0.2) is 49.5 Å². The minimum absolute atomic E-state index is 0.290. The fraction of sp³-hybridized carbons (Fsp3) is 0.857. The summed E-state index contributed by atoms with van der Waals surface area (Å²) in [6.45, 7) is 3.04. The van der Waals surface area contributed by atoms with Gasteiger partial charge in [-0.15, -0.1) is 0 Å². The maximum atomic E-state index is 11.5. The molecule has 1 unspecified atom stereocenters. The van der Waals surface area contributed by atoms with E-state index in [1.165, 1.54) is 14.1 Å². The number of nitrogens with two attached hydrogens (primary N) is 1. The largest absolute Gasteiger partial charge is 0.476 e. The molecule has 15 heavy (non-hydrogen) atoms. The Kier molecular flexibility index (Phi) is 3.86. The summed E-state index contributed by atoms with van der Waals surface area (Å²) in [6, 6.07) is 0. The molecule has 0 heterocycles. The molecule has 0 fully saturated rings. The molecule has 0 aromatic carbocycles. The molecule has 0 saturated carbocycles. The van der Waals surface area contributed by atoms with Crippen molar-refractivity contribution in [3.8, 4) is 0 Å². The van der Waals surface area contributed by atoms with Crippen LogP contribution >= 0.6 is 0 Å². The minimum atomic E-state index is -4.38. The molecule has 0 aliphatic carbocycles. The first-order chi connectivity index (χ1) is 6.56. The number of carboxylic acid groups (broad SMARTS) is 1. The van der Waals surface area contributed by atoms with Crippen molar-refractivity contribution < 1.29 is 27.1 Å². The van der Waals surface area contributed by atoms with E-state index in [4.69, 9.17) is 5.11 Å². The van der Waals surface area contributed by atoms with Gasteiger partial charge in [-0.1, -0.05) is 0 Å². The Bertz CT molecular complexity index is 350. The van der Waals surface area contributed by atoms with Crippen molar-refractivity contribution in [3.05, 3.63) is 0 Å². The zero-order valence-electron chi connectivity index (χ0n) is 9.22. The number of aliphatic carboxylic acids is 1. The number of quaternary nitrogens is 1. The second kappa shape index (κ2) is 4.05. The van der Waals surface area contributed by atoms with Gasteiger partial charge in [-0.25, -0.2) is 4.79 Å². The first-order valence-corrected chi connectivity index (χ1v) is 5.67. The average Bonchev–Trinajstić information content (AvgIpc) is 2.15. The van der Waals surface area contributed by atoms with Crippen LogP contribution in [0.2, 0.25) is 0 Å². The Morgan fingerprint density at radius 1 is 1.53 bits per heavy atom. The number of rotatable bonds is 5. The van der Waals surface area contributed by atoms with Crippen molar-refractivity contribution in [1.82, 2.24) is 0 Å². The van der Waals surface area contributed by atoms with E-state index in [1.54, 1.807) is 6.92 Å². The highest BCUT2D eigenvalue weighted by atomic mass is 32.2. The van der Waals surface area contributed by atoms with Gasteiger partial charge in [0.15, 0.2) is 0 Å². The zero-order chi connectivity index (χ0) is 12.5. The Morgan fingerprint density at radius 3 is 2.13 bits per heavy atom. The third-order valence-corrected chi connectivity index (χ3v) is 4.85. The minimum Gasteiger partial charge on any atom is -0.476 e. The molecule has 0 saturated heterocycles. The number of carbonyl (C=O) groups is 1. The van der Waals surface area contributed by atoms with E-state index in [0.717, 1.165) is 6.92 Å². The molecule has 0 aromatic heterocycles. The van der Waals surface area contributed by atoms with Gasteiger partial charge in [-0.3, -0.25) is 4.48 Å². The molecule has 0 aromatic rings. The van der Waals surface area contributed by atoms with Crippen molar-refractivity contribution in [2.45, 2.75) is 18.7 Å². The summed E-state index contributed by atoms with van der Waals surface area (Å²) in [5.41, 5.74) is 0. The smallest absolute Gasteiger partial charge is 0.384 e. The van der Waals surface area contributed by atoms with Gasteiger partial charge in [0.05, 0.1) is 20.6 Å². The number of nitrogens with zero attached hydrogens (tertiary/aromatic N) is 1. The lowest BCUT2D eigenvalue weighted by Crippen LogP contribution is -2.66. The molecule has 8 heteroatoms. The summed E-state index contributed by atoms with van der Waals surface area (Å²) >= 11 is 0. The van der Waals surface area contributed by atoms with Gasteiger partial charge < -0.3 is 5.11 Å². The first-order valence-electron chi connectivity index (χ1n) is 4.26. The van der Waals surface area contributed by atoms with Crippen molar-refractivity contribution >= 4 is 16.1 Å². The van der Waals surface area contributed by atoms with E-state index in [-0.39, 0.29) is 4.48 Å². The molecule has 0 rings (SSSR count). The predicted octanol–water partition coefficient (Wildman–Crippen LogP) is -0.896. The van der Waals surface area contributed by atoms with Crippen LogP contribution < -0.4 is 5.90 Å². The molecule has 0 amide bonds. The van der Waals surface area contributed by atoms with Gasteiger partial charge >= 0.3 is 21.0 Å². The summed E-state index contributed by atoms with van der Waals surface area (Å²) in [7, 11) is -1.42. The van der Waals surface area contributed by atoms with E-state index in [9.17, 15) is 13.2 Å². The molecule has 1 atom stereocenters. The van der Waals surface area contributed by atoms with Gasteiger partial charge in [0, 0.05) is 6.92 Å². The van der Waals surface area contributed by atoms with E-state index >= 15 is 0 Å². The molecule has 0 bridgehead atoms. The highest BCUT2D eigenvalue weighted by Gasteiger charge is 2.60. The third-order valence-electron chi connectivity index (χ3n) is 2.96. The topological polar surface area (TPSA) is 107 Å². The van der Waals surface area contributed by atoms with Crippen LogP contribution in [0.1, 0.15) is 13.8 Å². The van der Waals surface area contributed by atoms with E-state index < -0.39 is 21.0 Å². The average molecular weight is 241 g/mol.